The summed E-state index contributed by atoms with van der Waals surface area (Å²) in [5, 5.41) is 11.2. The van der Waals surface area contributed by atoms with E-state index in [0.717, 1.165) is 76.6 Å². The van der Waals surface area contributed by atoms with Gasteiger partial charge in [-0.15, -0.1) is 0 Å². The first-order valence-electron chi connectivity index (χ1n) is 11.8. The van der Waals surface area contributed by atoms with Gasteiger partial charge in [0.25, 0.3) is 0 Å². The fourth-order valence-electron chi connectivity index (χ4n) is 3.56. The van der Waals surface area contributed by atoms with Crippen LogP contribution >= 0.6 is 0 Å². The number of aromatic hydroxyl groups is 1. The minimum atomic E-state index is 0.468. The first-order valence-corrected chi connectivity index (χ1v) is 11.8. The SMILES string of the molecule is Cc1cc(CN(CCN(C)C)CCN(C)C)c(O)c(CN(CCN(C)C)CCN(C)C)c1. The van der Waals surface area contributed by atoms with Crippen molar-refractivity contribution in [2.45, 2.75) is 20.0 Å². The summed E-state index contributed by atoms with van der Waals surface area (Å²) in [6, 6.07) is 4.31. The molecule has 7 nitrogen and oxygen atoms in total. The van der Waals surface area contributed by atoms with Gasteiger partial charge in [-0.25, -0.2) is 0 Å². The van der Waals surface area contributed by atoms with Gasteiger partial charge in [0.2, 0.25) is 0 Å². The van der Waals surface area contributed by atoms with Gasteiger partial charge in [0.05, 0.1) is 0 Å². The largest absolute Gasteiger partial charge is 0.507 e. The van der Waals surface area contributed by atoms with E-state index in [1.807, 2.05) is 0 Å². The number of hydrogen-bond acceptors (Lipinski definition) is 7. The third-order valence-electron chi connectivity index (χ3n) is 5.65. The Hall–Kier alpha value is -1.22. The Morgan fingerprint density at radius 2 is 0.812 bits per heavy atom. The zero-order valence-corrected chi connectivity index (χ0v) is 22.4. The van der Waals surface area contributed by atoms with Gasteiger partial charge in [-0.3, -0.25) is 9.80 Å². The second kappa shape index (κ2) is 14.8. The maximum absolute atomic E-state index is 11.2. The molecule has 1 N–H and O–H groups in total. The number of nitrogens with zero attached hydrogens (tertiary/aromatic N) is 6. The van der Waals surface area contributed by atoms with Crippen molar-refractivity contribution in [3.63, 3.8) is 0 Å². The molecule has 0 saturated carbocycles. The average molecular weight is 451 g/mol. The van der Waals surface area contributed by atoms with Gasteiger partial charge in [-0.1, -0.05) is 17.7 Å². The van der Waals surface area contributed by atoms with Crippen LogP contribution in [-0.4, -0.2) is 143 Å². The highest BCUT2D eigenvalue weighted by molar-refractivity contribution is 5.43. The Morgan fingerprint density at radius 1 is 0.531 bits per heavy atom. The number of aryl methyl sites for hydroxylation is 1. The minimum Gasteiger partial charge on any atom is -0.507 e. The molecule has 0 amide bonds. The van der Waals surface area contributed by atoms with Crippen LogP contribution in [0.15, 0.2) is 12.1 Å². The Kier molecular flexibility index (Phi) is 13.4. The number of phenols is 1. The first-order chi connectivity index (χ1) is 15.0. The summed E-state index contributed by atoms with van der Waals surface area (Å²) in [6.07, 6.45) is 0. The van der Waals surface area contributed by atoms with Crippen molar-refractivity contribution in [3.8, 4) is 5.75 Å². The Labute approximate surface area is 198 Å². The zero-order chi connectivity index (χ0) is 24.3. The zero-order valence-electron chi connectivity index (χ0n) is 22.4. The smallest absolute Gasteiger partial charge is 0.124 e. The molecular formula is C25H50N6O. The predicted octanol–water partition coefficient (Wildman–Crippen LogP) is 1.55. The highest BCUT2D eigenvalue weighted by atomic mass is 16.3. The molecule has 7 heteroatoms. The Balaban J connectivity index is 3.02. The van der Waals surface area contributed by atoms with Crippen LogP contribution in [0.3, 0.4) is 0 Å². The van der Waals surface area contributed by atoms with Crippen molar-refractivity contribution in [3.05, 3.63) is 28.8 Å². The molecule has 0 saturated heterocycles. The van der Waals surface area contributed by atoms with Crippen LogP contribution in [0.2, 0.25) is 0 Å². The number of benzene rings is 1. The maximum Gasteiger partial charge on any atom is 0.124 e. The second-order valence-electron chi connectivity index (χ2n) is 10.2. The minimum absolute atomic E-state index is 0.468. The van der Waals surface area contributed by atoms with Gasteiger partial charge >= 0.3 is 0 Å². The predicted molar refractivity (Wildman–Crippen MR) is 138 cm³/mol. The van der Waals surface area contributed by atoms with Gasteiger partial charge in [0, 0.05) is 76.6 Å². The molecule has 0 aliphatic heterocycles. The van der Waals surface area contributed by atoms with Crippen molar-refractivity contribution in [2.75, 3.05) is 109 Å². The van der Waals surface area contributed by atoms with Crippen LogP contribution in [-0.2, 0) is 13.1 Å². The topological polar surface area (TPSA) is 39.7 Å². The van der Waals surface area contributed by atoms with Crippen LogP contribution in [0, 0.1) is 6.92 Å². The standard InChI is InChI=1S/C25H50N6O/c1-22-18-23(20-30(14-10-26(2)3)15-11-27(4)5)25(32)24(19-22)21-31(16-12-28(6)7)17-13-29(8)9/h18-19,32H,10-17,20-21H2,1-9H3. The van der Waals surface area contributed by atoms with Gasteiger partial charge in [0.15, 0.2) is 0 Å². The van der Waals surface area contributed by atoms with Gasteiger partial charge in [-0.05, 0) is 63.3 Å². The molecule has 0 aliphatic rings. The number of likely N-dealkylation sites (N-methyl/N-ethyl adjacent to an activating group) is 4. The number of phenolic OH excluding ortho intramolecular Hbond substituents is 1. The lowest BCUT2D eigenvalue weighted by Gasteiger charge is -2.28. The fourth-order valence-corrected chi connectivity index (χ4v) is 3.56. The summed E-state index contributed by atoms with van der Waals surface area (Å²) in [6.45, 7) is 11.7. The molecule has 0 unspecified atom stereocenters. The first kappa shape index (κ1) is 28.8. The third kappa shape index (κ3) is 12.1. The molecule has 0 aliphatic carbocycles. The molecule has 0 heterocycles. The van der Waals surface area contributed by atoms with E-state index < -0.39 is 0 Å². The molecule has 1 aromatic carbocycles. The summed E-state index contributed by atoms with van der Waals surface area (Å²) < 4.78 is 0. The third-order valence-corrected chi connectivity index (χ3v) is 5.65. The van der Waals surface area contributed by atoms with Crippen molar-refractivity contribution in [2.24, 2.45) is 0 Å². The van der Waals surface area contributed by atoms with E-state index in [1.54, 1.807) is 0 Å². The van der Waals surface area contributed by atoms with Crippen molar-refractivity contribution >= 4 is 0 Å². The lowest BCUT2D eigenvalue weighted by atomic mass is 10.0. The molecule has 0 bridgehead atoms. The highest BCUT2D eigenvalue weighted by Crippen LogP contribution is 2.27. The normalized spacial score (nSPS) is 12.5. The molecule has 0 aromatic heterocycles. The molecule has 1 rings (SSSR count). The van der Waals surface area contributed by atoms with Crippen LogP contribution in [0.4, 0.5) is 0 Å². The Bertz CT molecular complexity index is 572. The van der Waals surface area contributed by atoms with Crippen LogP contribution in [0.1, 0.15) is 16.7 Å². The van der Waals surface area contributed by atoms with Gasteiger partial charge in [-0.2, -0.15) is 0 Å². The molecule has 0 spiro atoms. The molecule has 0 radical (unpaired) electrons. The average Bonchev–Trinajstić information content (AvgIpc) is 2.68. The van der Waals surface area contributed by atoms with Crippen LogP contribution in [0.25, 0.3) is 0 Å². The summed E-state index contributed by atoms with van der Waals surface area (Å²) in [5.74, 6) is 0.468. The van der Waals surface area contributed by atoms with E-state index in [2.05, 4.69) is 105 Å². The van der Waals surface area contributed by atoms with Gasteiger partial charge in [0.1, 0.15) is 5.75 Å². The highest BCUT2D eigenvalue weighted by Gasteiger charge is 2.16. The van der Waals surface area contributed by atoms with E-state index in [0.29, 0.717) is 5.75 Å². The van der Waals surface area contributed by atoms with E-state index in [-0.39, 0.29) is 0 Å². The van der Waals surface area contributed by atoms with Crippen molar-refractivity contribution in [1.29, 1.82) is 0 Å². The lowest BCUT2D eigenvalue weighted by Crippen LogP contribution is -2.36. The Morgan fingerprint density at radius 3 is 1.06 bits per heavy atom. The summed E-state index contributed by atoms with van der Waals surface area (Å²) in [5.41, 5.74) is 3.29. The van der Waals surface area contributed by atoms with Crippen LogP contribution in [0.5, 0.6) is 5.75 Å². The van der Waals surface area contributed by atoms with E-state index >= 15 is 0 Å². The monoisotopic (exact) mass is 450 g/mol. The molecule has 186 valence electrons. The lowest BCUT2D eigenvalue weighted by molar-refractivity contribution is 0.205. The second-order valence-corrected chi connectivity index (χ2v) is 10.2. The van der Waals surface area contributed by atoms with E-state index in [4.69, 9.17) is 0 Å². The number of rotatable bonds is 16. The molecule has 32 heavy (non-hydrogen) atoms. The quantitative estimate of drug-likeness (QED) is 0.410. The fraction of sp³-hybridized carbons (Fsp3) is 0.760. The molecule has 0 fully saturated rings. The summed E-state index contributed by atoms with van der Waals surface area (Å²) in [4.78, 5) is 13.8. The van der Waals surface area contributed by atoms with Crippen LogP contribution < -0.4 is 0 Å². The molecular weight excluding hydrogens is 400 g/mol. The van der Waals surface area contributed by atoms with Crippen molar-refractivity contribution < 1.29 is 5.11 Å². The maximum atomic E-state index is 11.2. The summed E-state index contributed by atoms with van der Waals surface area (Å²) >= 11 is 0. The van der Waals surface area contributed by atoms with Gasteiger partial charge < -0.3 is 24.7 Å². The van der Waals surface area contributed by atoms with E-state index in [1.165, 1.54) is 5.56 Å². The van der Waals surface area contributed by atoms with Crippen molar-refractivity contribution in [1.82, 2.24) is 29.4 Å². The molecule has 0 atom stereocenters. The molecule has 1 aromatic rings. The number of hydrogen-bond donors (Lipinski definition) is 1. The van der Waals surface area contributed by atoms with E-state index in [9.17, 15) is 5.11 Å². The summed E-state index contributed by atoms with van der Waals surface area (Å²) in [7, 11) is 16.9.